The molecule has 2 aromatic rings. The van der Waals surface area contributed by atoms with E-state index >= 15 is 0 Å². The molecule has 2 aromatic carbocycles. The molecule has 4 nitrogen and oxygen atoms in total. The first-order valence-electron chi connectivity index (χ1n) is 11.9. The maximum Gasteiger partial charge on any atom is 0.184 e. The van der Waals surface area contributed by atoms with E-state index in [1.54, 1.807) is 0 Å². The number of benzene rings is 2. The molecule has 4 heteroatoms. The summed E-state index contributed by atoms with van der Waals surface area (Å²) in [5.74, 6) is -1.20. The largest absolute Gasteiger partial charge is 0.372 e. The van der Waals surface area contributed by atoms with Gasteiger partial charge in [0.2, 0.25) is 0 Å². The van der Waals surface area contributed by atoms with Crippen LogP contribution in [-0.4, -0.2) is 41.5 Å². The Balaban J connectivity index is 1.64. The third-order valence-electron chi connectivity index (χ3n) is 6.33. The minimum atomic E-state index is -1.20. The van der Waals surface area contributed by atoms with Crippen LogP contribution in [0.15, 0.2) is 60.7 Å². The molecule has 0 aliphatic heterocycles. The molecular formula is C27H39NO3. The zero-order chi connectivity index (χ0) is 21.9. The van der Waals surface area contributed by atoms with E-state index in [0.717, 1.165) is 30.5 Å². The summed E-state index contributed by atoms with van der Waals surface area (Å²) in [6, 6.07) is 20.2. The Labute approximate surface area is 188 Å². The third kappa shape index (κ3) is 7.15. The predicted molar refractivity (Wildman–Crippen MR) is 126 cm³/mol. The molecule has 0 amide bonds. The van der Waals surface area contributed by atoms with Crippen LogP contribution in [0.25, 0.3) is 0 Å². The molecule has 1 aliphatic carbocycles. The highest BCUT2D eigenvalue weighted by Crippen LogP contribution is 2.37. The van der Waals surface area contributed by atoms with Crippen molar-refractivity contribution in [3.8, 4) is 0 Å². The van der Waals surface area contributed by atoms with Gasteiger partial charge in [-0.3, -0.25) is 4.90 Å². The van der Waals surface area contributed by atoms with Crippen LogP contribution in [0, 0.1) is 0 Å². The van der Waals surface area contributed by atoms with Crippen molar-refractivity contribution in [2.45, 2.75) is 83.0 Å². The van der Waals surface area contributed by atoms with Gasteiger partial charge in [-0.25, -0.2) is 0 Å². The fourth-order valence-corrected chi connectivity index (χ4v) is 4.57. The van der Waals surface area contributed by atoms with Crippen molar-refractivity contribution in [3.63, 3.8) is 0 Å². The van der Waals surface area contributed by atoms with Crippen LogP contribution < -0.4 is 0 Å². The highest BCUT2D eigenvalue weighted by Gasteiger charge is 2.51. The smallest absolute Gasteiger partial charge is 0.184 e. The molecule has 0 bridgehead atoms. The molecule has 3 rings (SSSR count). The van der Waals surface area contributed by atoms with Crippen molar-refractivity contribution in [2.75, 3.05) is 13.6 Å². The molecule has 0 spiro atoms. The van der Waals surface area contributed by atoms with E-state index in [4.69, 9.17) is 9.47 Å². The monoisotopic (exact) mass is 425 g/mol. The van der Waals surface area contributed by atoms with E-state index in [1.807, 2.05) is 48.5 Å². The summed E-state index contributed by atoms with van der Waals surface area (Å²) in [6.07, 6.45) is 7.50. The first-order chi connectivity index (χ1) is 15.1. The second kappa shape index (κ2) is 12.4. The van der Waals surface area contributed by atoms with Gasteiger partial charge in [-0.2, -0.15) is 0 Å². The Morgan fingerprint density at radius 3 is 2.16 bits per heavy atom. The number of ether oxygens (including phenoxy) is 2. The van der Waals surface area contributed by atoms with Gasteiger partial charge in [0.05, 0.1) is 25.4 Å². The van der Waals surface area contributed by atoms with E-state index in [2.05, 4.69) is 31.0 Å². The van der Waals surface area contributed by atoms with Gasteiger partial charge >= 0.3 is 0 Å². The van der Waals surface area contributed by atoms with E-state index in [-0.39, 0.29) is 12.1 Å². The average Bonchev–Trinajstić information content (AvgIpc) is 3.14. The average molecular weight is 426 g/mol. The van der Waals surface area contributed by atoms with Crippen molar-refractivity contribution >= 4 is 0 Å². The van der Waals surface area contributed by atoms with Gasteiger partial charge < -0.3 is 14.6 Å². The molecule has 0 radical (unpaired) electrons. The molecule has 31 heavy (non-hydrogen) atoms. The molecule has 1 saturated carbocycles. The summed E-state index contributed by atoms with van der Waals surface area (Å²) in [7, 11) is 2.10. The Morgan fingerprint density at radius 1 is 0.903 bits per heavy atom. The first kappa shape index (κ1) is 23.9. The quantitative estimate of drug-likeness (QED) is 0.338. The van der Waals surface area contributed by atoms with Gasteiger partial charge in [-0.05, 0) is 37.6 Å². The lowest BCUT2D eigenvalue weighted by Gasteiger charge is -2.38. The molecule has 170 valence electrons. The van der Waals surface area contributed by atoms with E-state index in [0.29, 0.717) is 19.6 Å². The number of hydrogen-bond acceptors (Lipinski definition) is 4. The number of hydrogen-bond donors (Lipinski definition) is 1. The summed E-state index contributed by atoms with van der Waals surface area (Å²) in [4.78, 5) is 2.26. The minimum absolute atomic E-state index is 0.0541. The van der Waals surface area contributed by atoms with Crippen molar-refractivity contribution in [2.24, 2.45) is 0 Å². The predicted octanol–water partition coefficient (Wildman–Crippen LogP) is 5.54. The Hall–Kier alpha value is -1.72. The summed E-state index contributed by atoms with van der Waals surface area (Å²) >= 11 is 0. The Bertz CT molecular complexity index is 739. The molecule has 1 aliphatic rings. The standard InChI is InChI=1S/C27H39NO3/c1-3-4-5-6-13-20-28(2)26-25(30-21-23-14-9-7-10-15-23)18-19-27(26,29)31-22-24-16-11-8-12-17-24/h7-12,14-17,25-26,29H,3-6,13,18-22H2,1-2H3. The zero-order valence-electron chi connectivity index (χ0n) is 19.2. The molecule has 0 heterocycles. The van der Waals surface area contributed by atoms with Gasteiger partial charge in [0.15, 0.2) is 5.79 Å². The highest BCUT2D eigenvalue weighted by molar-refractivity contribution is 5.15. The van der Waals surface area contributed by atoms with Crippen LogP contribution in [0.5, 0.6) is 0 Å². The topological polar surface area (TPSA) is 41.9 Å². The summed E-state index contributed by atoms with van der Waals surface area (Å²) in [6.45, 7) is 4.14. The summed E-state index contributed by atoms with van der Waals surface area (Å²) < 4.78 is 12.5. The highest BCUT2D eigenvalue weighted by atomic mass is 16.6. The molecule has 3 unspecified atom stereocenters. The normalized spacial score (nSPS) is 23.5. The van der Waals surface area contributed by atoms with Crippen LogP contribution in [0.4, 0.5) is 0 Å². The Morgan fingerprint density at radius 2 is 1.52 bits per heavy atom. The van der Waals surface area contributed by atoms with Crippen molar-refractivity contribution in [3.05, 3.63) is 71.8 Å². The van der Waals surface area contributed by atoms with Gasteiger partial charge in [-0.15, -0.1) is 0 Å². The van der Waals surface area contributed by atoms with Crippen molar-refractivity contribution in [1.29, 1.82) is 0 Å². The number of unbranched alkanes of at least 4 members (excludes halogenated alkanes) is 4. The molecule has 3 atom stereocenters. The molecule has 1 N–H and O–H groups in total. The lowest BCUT2D eigenvalue weighted by atomic mass is 10.1. The first-order valence-corrected chi connectivity index (χ1v) is 11.9. The lowest BCUT2D eigenvalue weighted by molar-refractivity contribution is -0.243. The van der Waals surface area contributed by atoms with Gasteiger partial charge in [0.25, 0.3) is 0 Å². The van der Waals surface area contributed by atoms with Gasteiger partial charge in [0.1, 0.15) is 0 Å². The molecular weight excluding hydrogens is 386 g/mol. The number of rotatable bonds is 13. The fourth-order valence-electron chi connectivity index (χ4n) is 4.57. The zero-order valence-corrected chi connectivity index (χ0v) is 19.2. The maximum atomic E-state index is 11.5. The van der Waals surface area contributed by atoms with Crippen LogP contribution >= 0.6 is 0 Å². The number of nitrogens with zero attached hydrogens (tertiary/aromatic N) is 1. The summed E-state index contributed by atoms with van der Waals surface area (Å²) in [5.41, 5.74) is 2.23. The second-order valence-electron chi connectivity index (χ2n) is 8.83. The van der Waals surface area contributed by atoms with Crippen molar-refractivity contribution < 1.29 is 14.6 Å². The number of likely N-dealkylation sites (N-methyl/N-ethyl adjacent to an activating group) is 1. The molecule has 0 saturated heterocycles. The van der Waals surface area contributed by atoms with Crippen molar-refractivity contribution in [1.82, 2.24) is 4.90 Å². The molecule has 0 aromatic heterocycles. The van der Waals surface area contributed by atoms with Crippen LogP contribution in [0.1, 0.15) is 63.0 Å². The number of aliphatic hydroxyl groups is 1. The van der Waals surface area contributed by atoms with Gasteiger partial charge in [-0.1, -0.05) is 93.3 Å². The minimum Gasteiger partial charge on any atom is -0.372 e. The van der Waals surface area contributed by atoms with E-state index in [9.17, 15) is 5.11 Å². The molecule has 1 fully saturated rings. The summed E-state index contributed by atoms with van der Waals surface area (Å²) in [5, 5.41) is 11.5. The van der Waals surface area contributed by atoms with Crippen LogP contribution in [0.2, 0.25) is 0 Å². The Kier molecular flexibility index (Phi) is 9.54. The van der Waals surface area contributed by atoms with Gasteiger partial charge in [0, 0.05) is 6.42 Å². The van der Waals surface area contributed by atoms with E-state index < -0.39 is 5.79 Å². The van der Waals surface area contributed by atoms with Crippen LogP contribution in [-0.2, 0) is 22.7 Å². The van der Waals surface area contributed by atoms with E-state index in [1.165, 1.54) is 25.7 Å². The maximum absolute atomic E-state index is 11.5. The fraction of sp³-hybridized carbons (Fsp3) is 0.556. The third-order valence-corrected chi connectivity index (χ3v) is 6.33. The SMILES string of the molecule is CCCCCCCN(C)C1C(OCc2ccccc2)CCC1(O)OCc1ccccc1. The second-order valence-corrected chi connectivity index (χ2v) is 8.83. The van der Waals surface area contributed by atoms with Crippen LogP contribution in [0.3, 0.4) is 0 Å². The lowest BCUT2D eigenvalue weighted by Crippen LogP contribution is -2.54.